The Balaban J connectivity index is 1.33. The van der Waals surface area contributed by atoms with Gasteiger partial charge in [-0.1, -0.05) is 30.3 Å². The van der Waals surface area contributed by atoms with Gasteiger partial charge in [0.2, 0.25) is 0 Å². The molecular weight excluding hydrogens is 367 g/mol. The van der Waals surface area contributed by atoms with Crippen molar-refractivity contribution in [3.05, 3.63) is 59.4 Å². The summed E-state index contributed by atoms with van der Waals surface area (Å²) in [6, 6.07) is 12.8. The normalized spacial score (nSPS) is 27.9. The van der Waals surface area contributed by atoms with E-state index in [9.17, 15) is 9.18 Å². The summed E-state index contributed by atoms with van der Waals surface area (Å²) in [6.45, 7) is 3.11. The second kappa shape index (κ2) is 7.79. The predicted octanol–water partition coefficient (Wildman–Crippen LogP) is 4.69. The van der Waals surface area contributed by atoms with E-state index in [1.165, 1.54) is 11.6 Å². The van der Waals surface area contributed by atoms with Gasteiger partial charge in [0.05, 0.1) is 6.04 Å². The Morgan fingerprint density at radius 2 is 1.93 bits per heavy atom. The minimum absolute atomic E-state index is 0.00492. The molecule has 1 unspecified atom stereocenters. The summed E-state index contributed by atoms with van der Waals surface area (Å²) in [5.74, 6) is 0.270. The van der Waals surface area contributed by atoms with E-state index in [1.54, 1.807) is 12.1 Å². The number of fused-ring (bicyclic) bond motifs is 4. The summed E-state index contributed by atoms with van der Waals surface area (Å²) in [7, 11) is 0. The third-order valence-electron chi connectivity index (χ3n) is 6.79. The Labute approximate surface area is 171 Å². The van der Waals surface area contributed by atoms with E-state index in [2.05, 4.69) is 16.3 Å². The van der Waals surface area contributed by atoms with E-state index in [0.717, 1.165) is 62.9 Å². The standard InChI is InChI=1S/C24H27FN2O2/c25-21-6-2-1-5-19(21)18-9-8-16-4-3-7-22(20(16)14-18)26-24(28)29-23-15-27-12-10-17(23)11-13-27/h1-2,5-6,8-9,14,17,22-23H,3-4,7,10-13,15H2,(H,26,28)/t22?,23-/m1/s1. The molecule has 3 aliphatic heterocycles. The van der Waals surface area contributed by atoms with Gasteiger partial charge in [-0.2, -0.15) is 0 Å². The Kier molecular flexibility index (Phi) is 5.00. The maximum atomic E-state index is 14.3. The first kappa shape index (κ1) is 18.6. The molecule has 3 heterocycles. The zero-order valence-electron chi connectivity index (χ0n) is 16.6. The van der Waals surface area contributed by atoms with Gasteiger partial charge >= 0.3 is 6.09 Å². The highest BCUT2D eigenvalue weighted by molar-refractivity contribution is 5.70. The van der Waals surface area contributed by atoms with Gasteiger partial charge in [-0.15, -0.1) is 0 Å². The van der Waals surface area contributed by atoms with Gasteiger partial charge in [-0.3, -0.25) is 4.90 Å². The number of hydrogen-bond donors (Lipinski definition) is 1. The number of carbonyl (C=O) groups is 1. The van der Waals surface area contributed by atoms with E-state index in [0.29, 0.717) is 11.5 Å². The molecule has 2 atom stereocenters. The van der Waals surface area contributed by atoms with Gasteiger partial charge in [0, 0.05) is 12.1 Å². The summed E-state index contributed by atoms with van der Waals surface area (Å²) in [5, 5.41) is 3.10. The number of nitrogens with one attached hydrogen (secondary N) is 1. The first-order valence-electron chi connectivity index (χ1n) is 10.7. The van der Waals surface area contributed by atoms with Gasteiger partial charge in [0.1, 0.15) is 11.9 Å². The zero-order valence-corrected chi connectivity index (χ0v) is 16.6. The van der Waals surface area contributed by atoms with Gasteiger partial charge in [-0.25, -0.2) is 9.18 Å². The lowest BCUT2D eigenvalue weighted by Gasteiger charge is -2.44. The molecule has 0 radical (unpaired) electrons. The molecule has 1 amide bonds. The SMILES string of the molecule is O=C(NC1CCCc2ccc(-c3ccccc3F)cc21)O[C@@H]1CN2CCC1CC2. The molecular formula is C24H27FN2O2. The maximum Gasteiger partial charge on any atom is 0.407 e. The Bertz CT molecular complexity index is 908. The lowest BCUT2D eigenvalue weighted by Crippen LogP contribution is -2.52. The monoisotopic (exact) mass is 394 g/mol. The highest BCUT2D eigenvalue weighted by Crippen LogP contribution is 2.35. The molecule has 2 aromatic rings. The van der Waals surface area contributed by atoms with Crippen LogP contribution in [0.4, 0.5) is 9.18 Å². The Morgan fingerprint density at radius 3 is 2.69 bits per heavy atom. The number of amides is 1. The van der Waals surface area contributed by atoms with Crippen LogP contribution in [-0.2, 0) is 11.2 Å². The van der Waals surface area contributed by atoms with E-state index >= 15 is 0 Å². The van der Waals surface area contributed by atoms with Crippen molar-refractivity contribution in [3.63, 3.8) is 0 Å². The molecule has 4 aliphatic rings. The van der Waals surface area contributed by atoms with E-state index in [-0.39, 0.29) is 24.1 Å². The number of piperidine rings is 3. The van der Waals surface area contributed by atoms with Crippen molar-refractivity contribution in [1.29, 1.82) is 0 Å². The number of ether oxygens (including phenoxy) is 1. The van der Waals surface area contributed by atoms with Crippen LogP contribution in [0.2, 0.25) is 0 Å². The number of rotatable bonds is 3. The fraction of sp³-hybridized carbons (Fsp3) is 0.458. The molecule has 1 N–H and O–H groups in total. The minimum Gasteiger partial charge on any atom is -0.445 e. The van der Waals surface area contributed by atoms with Crippen LogP contribution in [0.25, 0.3) is 11.1 Å². The van der Waals surface area contributed by atoms with Crippen LogP contribution in [0, 0.1) is 11.7 Å². The second-order valence-electron chi connectivity index (χ2n) is 8.56. The molecule has 2 bridgehead atoms. The molecule has 2 aromatic carbocycles. The van der Waals surface area contributed by atoms with Crippen molar-refractivity contribution in [2.45, 2.75) is 44.2 Å². The van der Waals surface area contributed by atoms with Gasteiger partial charge in [0.25, 0.3) is 0 Å². The molecule has 5 heteroatoms. The molecule has 0 spiro atoms. The van der Waals surface area contributed by atoms with Gasteiger partial charge in [-0.05, 0) is 79.9 Å². The highest BCUT2D eigenvalue weighted by Gasteiger charge is 2.37. The fourth-order valence-corrected chi connectivity index (χ4v) is 5.17. The molecule has 3 saturated heterocycles. The fourth-order valence-electron chi connectivity index (χ4n) is 5.17. The number of carbonyl (C=O) groups excluding carboxylic acids is 1. The number of benzene rings is 2. The van der Waals surface area contributed by atoms with Crippen molar-refractivity contribution >= 4 is 6.09 Å². The van der Waals surface area contributed by atoms with Crippen LogP contribution in [0.3, 0.4) is 0 Å². The van der Waals surface area contributed by atoms with Crippen molar-refractivity contribution in [1.82, 2.24) is 10.2 Å². The molecule has 6 rings (SSSR count). The van der Waals surface area contributed by atoms with Crippen molar-refractivity contribution in [2.75, 3.05) is 19.6 Å². The lowest BCUT2D eigenvalue weighted by molar-refractivity contribution is -0.0340. The van der Waals surface area contributed by atoms with E-state index in [1.807, 2.05) is 18.2 Å². The average molecular weight is 394 g/mol. The van der Waals surface area contributed by atoms with Crippen LogP contribution < -0.4 is 5.32 Å². The predicted molar refractivity (Wildman–Crippen MR) is 110 cm³/mol. The smallest absolute Gasteiger partial charge is 0.407 e. The van der Waals surface area contributed by atoms with Gasteiger partial charge in [0.15, 0.2) is 0 Å². The summed E-state index contributed by atoms with van der Waals surface area (Å²) in [6.07, 6.45) is 4.81. The Morgan fingerprint density at radius 1 is 1.10 bits per heavy atom. The Hall–Kier alpha value is -2.40. The van der Waals surface area contributed by atoms with Crippen LogP contribution in [0.1, 0.15) is 42.9 Å². The molecule has 4 nitrogen and oxygen atoms in total. The van der Waals surface area contributed by atoms with Crippen LogP contribution >= 0.6 is 0 Å². The van der Waals surface area contributed by atoms with Crippen molar-refractivity contribution in [2.24, 2.45) is 5.92 Å². The zero-order chi connectivity index (χ0) is 19.8. The maximum absolute atomic E-state index is 14.3. The molecule has 1 aliphatic carbocycles. The molecule has 0 saturated carbocycles. The first-order chi connectivity index (χ1) is 14.2. The number of hydrogen-bond acceptors (Lipinski definition) is 3. The number of alkyl carbamates (subject to hydrolysis) is 1. The quantitative estimate of drug-likeness (QED) is 0.821. The van der Waals surface area contributed by atoms with E-state index < -0.39 is 0 Å². The largest absolute Gasteiger partial charge is 0.445 e. The average Bonchev–Trinajstić information content (AvgIpc) is 2.75. The lowest BCUT2D eigenvalue weighted by atomic mass is 9.85. The van der Waals surface area contributed by atoms with Crippen LogP contribution in [-0.4, -0.2) is 36.7 Å². The first-order valence-corrected chi connectivity index (χ1v) is 10.7. The van der Waals surface area contributed by atoms with Crippen molar-refractivity contribution < 1.29 is 13.9 Å². The summed E-state index contributed by atoms with van der Waals surface area (Å²) < 4.78 is 20.1. The van der Waals surface area contributed by atoms with E-state index in [4.69, 9.17) is 4.74 Å². The third kappa shape index (κ3) is 3.76. The summed E-state index contributed by atoms with van der Waals surface area (Å²) >= 11 is 0. The van der Waals surface area contributed by atoms with Crippen LogP contribution in [0.5, 0.6) is 0 Å². The summed E-state index contributed by atoms with van der Waals surface area (Å²) in [5.41, 5.74) is 3.75. The highest BCUT2D eigenvalue weighted by atomic mass is 19.1. The third-order valence-corrected chi connectivity index (χ3v) is 6.79. The number of aryl methyl sites for hydroxylation is 1. The van der Waals surface area contributed by atoms with Crippen molar-refractivity contribution in [3.8, 4) is 11.1 Å². The molecule has 0 aromatic heterocycles. The second-order valence-corrected chi connectivity index (χ2v) is 8.56. The van der Waals surface area contributed by atoms with Gasteiger partial charge < -0.3 is 10.1 Å². The molecule has 3 fully saturated rings. The van der Waals surface area contributed by atoms with Crippen LogP contribution in [0.15, 0.2) is 42.5 Å². The summed E-state index contributed by atoms with van der Waals surface area (Å²) in [4.78, 5) is 15.0. The number of nitrogens with zero attached hydrogens (tertiary/aromatic N) is 1. The minimum atomic E-state index is -0.321. The number of halogens is 1. The molecule has 152 valence electrons. The topological polar surface area (TPSA) is 41.6 Å². The molecule has 29 heavy (non-hydrogen) atoms.